The number of benzene rings is 2. The van der Waals surface area contributed by atoms with Crippen molar-refractivity contribution in [1.82, 2.24) is 0 Å². The van der Waals surface area contributed by atoms with Gasteiger partial charge in [0, 0.05) is 5.56 Å². The molecule has 24 nitrogen and oxygen atoms in total. The molecular formula is C39H50O24. The Morgan fingerprint density at radius 1 is 0.540 bits per heavy atom. The molecule has 350 valence electrons. The normalized spacial score (nSPS) is 41.0. The first kappa shape index (κ1) is 46.9. The van der Waals surface area contributed by atoms with Gasteiger partial charge in [-0.3, -0.25) is 4.79 Å². The topological polar surface area (TPSA) is 387 Å². The largest absolute Gasteiger partial charge is 0.507 e. The van der Waals surface area contributed by atoms with Crippen LogP contribution in [0.3, 0.4) is 0 Å². The number of rotatable bonds is 10. The number of phenols is 3. The number of hydrogen-bond donors (Lipinski definition) is 14. The number of aliphatic hydroxyl groups is 11. The van der Waals surface area contributed by atoms with E-state index in [2.05, 4.69) is 0 Å². The molecule has 24 heteroatoms. The first-order chi connectivity index (χ1) is 29.7. The van der Waals surface area contributed by atoms with Gasteiger partial charge >= 0.3 is 0 Å². The highest BCUT2D eigenvalue weighted by atomic mass is 16.8. The Labute approximate surface area is 355 Å². The maximum absolute atomic E-state index is 14.7. The highest BCUT2D eigenvalue weighted by Gasteiger charge is 2.52. The van der Waals surface area contributed by atoms with E-state index in [0.717, 1.165) is 30.3 Å². The number of fused-ring (bicyclic) bond motifs is 1. The van der Waals surface area contributed by atoms with E-state index >= 15 is 0 Å². The predicted molar refractivity (Wildman–Crippen MR) is 203 cm³/mol. The lowest BCUT2D eigenvalue weighted by Gasteiger charge is -2.46. The van der Waals surface area contributed by atoms with Crippen LogP contribution in [0.5, 0.6) is 28.7 Å². The second kappa shape index (κ2) is 18.5. The number of aliphatic hydroxyl groups excluding tert-OH is 11. The first-order valence-electron chi connectivity index (χ1n) is 19.8. The van der Waals surface area contributed by atoms with Gasteiger partial charge in [-0.2, -0.15) is 0 Å². The average Bonchev–Trinajstić information content (AvgIpc) is 3.25. The van der Waals surface area contributed by atoms with E-state index in [9.17, 15) is 76.3 Å². The van der Waals surface area contributed by atoms with Gasteiger partial charge in [-0.05, 0) is 51.1 Å². The second-order valence-electron chi connectivity index (χ2n) is 15.8. The summed E-state index contributed by atoms with van der Waals surface area (Å²) in [7, 11) is 0. The smallest absolute Gasteiger partial charge is 0.239 e. The summed E-state index contributed by atoms with van der Waals surface area (Å²) in [5.74, 6) is -3.91. The number of aromatic hydroxyl groups is 3. The molecule has 7 rings (SSSR count). The van der Waals surface area contributed by atoms with Crippen LogP contribution in [0.15, 0.2) is 39.5 Å². The second-order valence-corrected chi connectivity index (χ2v) is 15.8. The molecule has 4 aliphatic heterocycles. The molecule has 0 bridgehead atoms. The Bertz CT molecular complexity index is 2130. The van der Waals surface area contributed by atoms with Crippen LogP contribution in [-0.2, 0) is 28.4 Å². The fourth-order valence-electron chi connectivity index (χ4n) is 7.55. The first-order valence-corrected chi connectivity index (χ1v) is 19.8. The van der Waals surface area contributed by atoms with Gasteiger partial charge in [0.2, 0.25) is 23.8 Å². The third-order valence-electron chi connectivity index (χ3n) is 11.4. The maximum Gasteiger partial charge on any atom is 0.239 e. The van der Waals surface area contributed by atoms with Crippen molar-refractivity contribution in [3.05, 3.63) is 40.6 Å². The Hall–Kier alpha value is -4.03. The molecular weight excluding hydrogens is 852 g/mol. The van der Waals surface area contributed by atoms with E-state index in [1.165, 1.54) is 20.8 Å². The van der Waals surface area contributed by atoms with Crippen molar-refractivity contribution < 1.29 is 114 Å². The predicted octanol–water partition coefficient (Wildman–Crippen LogP) is -4.33. The molecule has 2 aromatic carbocycles. The number of hydrogen-bond acceptors (Lipinski definition) is 24. The molecule has 4 saturated heterocycles. The van der Waals surface area contributed by atoms with E-state index in [1.807, 2.05) is 0 Å². The van der Waals surface area contributed by atoms with Crippen LogP contribution in [0.25, 0.3) is 22.3 Å². The Balaban J connectivity index is 1.31. The minimum atomic E-state index is -2.11. The van der Waals surface area contributed by atoms with Crippen LogP contribution in [-0.4, -0.2) is 201 Å². The molecule has 1 aromatic heterocycles. The summed E-state index contributed by atoms with van der Waals surface area (Å²) < 4.78 is 52.1. The van der Waals surface area contributed by atoms with Gasteiger partial charge in [-0.1, -0.05) is 0 Å². The van der Waals surface area contributed by atoms with Crippen LogP contribution >= 0.6 is 0 Å². The van der Waals surface area contributed by atoms with Crippen molar-refractivity contribution in [1.29, 1.82) is 0 Å². The highest BCUT2D eigenvalue weighted by molar-refractivity contribution is 5.91. The van der Waals surface area contributed by atoms with Gasteiger partial charge in [0.25, 0.3) is 0 Å². The molecule has 14 N–H and O–H groups in total. The summed E-state index contributed by atoms with van der Waals surface area (Å²) >= 11 is 0. The van der Waals surface area contributed by atoms with Gasteiger partial charge in [-0.25, -0.2) is 0 Å². The molecule has 20 atom stereocenters. The average molecular weight is 903 g/mol. The molecule has 5 heterocycles. The van der Waals surface area contributed by atoms with Gasteiger partial charge < -0.3 is 114 Å². The summed E-state index contributed by atoms with van der Waals surface area (Å²) in [5.41, 5.74) is -1.95. The SMILES string of the molecule is C[C@@H]1O[C@@H](OC[C@H]2O[C@@H](Oc3c(-c4ccc(O)c(O)c4)oc4c(O[C@@H]5O[C@@H](C)[C@H](O)[C@@H](O)[C@H]5O)ccc(O)c4c3=O)[C@H](O[C@@H]3O[C@@H](C)[C@H](O)[C@@H](O)[C@H]3O)[C@@H](O)[C@H]2O)[C@H](O)[C@H](O)[C@H]1O. The van der Waals surface area contributed by atoms with Gasteiger partial charge in [0.1, 0.15) is 84.4 Å². The summed E-state index contributed by atoms with van der Waals surface area (Å²) in [4.78, 5) is 14.7. The van der Waals surface area contributed by atoms with Crippen molar-refractivity contribution in [3.63, 3.8) is 0 Å². The molecule has 0 unspecified atom stereocenters. The third-order valence-corrected chi connectivity index (χ3v) is 11.4. The lowest BCUT2D eigenvalue weighted by Crippen LogP contribution is -2.65. The van der Waals surface area contributed by atoms with E-state index in [0.29, 0.717) is 0 Å². The van der Waals surface area contributed by atoms with Crippen LogP contribution in [0, 0.1) is 0 Å². The summed E-state index contributed by atoms with van der Waals surface area (Å²) in [6.07, 6.45) is -33.8. The molecule has 4 fully saturated rings. The molecule has 0 amide bonds. The van der Waals surface area contributed by atoms with Crippen molar-refractivity contribution in [2.75, 3.05) is 6.61 Å². The Morgan fingerprint density at radius 2 is 1.08 bits per heavy atom. The minimum Gasteiger partial charge on any atom is -0.507 e. The monoisotopic (exact) mass is 902 g/mol. The van der Waals surface area contributed by atoms with E-state index < -0.39 is 175 Å². The molecule has 3 aromatic rings. The van der Waals surface area contributed by atoms with Crippen LogP contribution in [0.2, 0.25) is 0 Å². The maximum atomic E-state index is 14.7. The van der Waals surface area contributed by atoms with Gasteiger partial charge in [0.05, 0.1) is 24.9 Å². The summed E-state index contributed by atoms with van der Waals surface area (Å²) in [6.45, 7) is 3.35. The molecule has 0 aliphatic carbocycles. The van der Waals surface area contributed by atoms with E-state index in [-0.39, 0.29) is 11.3 Å². The highest BCUT2D eigenvalue weighted by Crippen LogP contribution is 2.42. The van der Waals surface area contributed by atoms with Crippen molar-refractivity contribution >= 4 is 11.0 Å². The van der Waals surface area contributed by atoms with Crippen molar-refractivity contribution in [2.24, 2.45) is 0 Å². The number of ether oxygens (including phenoxy) is 8. The standard InChI is InChI=1S/C39H50O24/c1-10-20(43)25(48)29(52)36(56-10)55-9-18-23(46)28(51)35(63-38-31(54)27(50)22(45)12(3)58-38)39(60-18)62-34-24(47)19-15(41)6-7-17(59-37-30(53)26(49)21(44)11(2)57-37)33(19)61-32(34)13-4-5-14(40)16(42)8-13/h4-8,10-12,18,20-23,25-31,35-46,48-54H,9H2,1-3H3/t10-,11-,12-,18+,20-,21-,22-,23-,25+,26+,27+,28-,29+,30+,31+,35+,36+,37-,38-,39-/m0/s1. The molecule has 0 radical (unpaired) electrons. The lowest BCUT2D eigenvalue weighted by atomic mass is 9.97. The quantitative estimate of drug-likeness (QED) is 0.0855. The van der Waals surface area contributed by atoms with Crippen molar-refractivity contribution in [3.8, 4) is 40.1 Å². The number of phenolic OH excluding ortho intramolecular Hbond substituents is 3. The zero-order valence-electron chi connectivity index (χ0n) is 33.5. The van der Waals surface area contributed by atoms with Gasteiger partial charge in [-0.15, -0.1) is 0 Å². The van der Waals surface area contributed by atoms with Crippen LogP contribution < -0.4 is 14.9 Å². The zero-order chi connectivity index (χ0) is 45.9. The zero-order valence-corrected chi connectivity index (χ0v) is 33.5. The fourth-order valence-corrected chi connectivity index (χ4v) is 7.55. The van der Waals surface area contributed by atoms with E-state index in [1.54, 1.807) is 0 Å². The van der Waals surface area contributed by atoms with E-state index in [4.69, 9.17) is 42.3 Å². The van der Waals surface area contributed by atoms with Crippen LogP contribution in [0.4, 0.5) is 0 Å². The molecule has 0 spiro atoms. The lowest BCUT2D eigenvalue weighted by molar-refractivity contribution is -0.360. The molecule has 4 aliphatic rings. The molecule has 63 heavy (non-hydrogen) atoms. The Morgan fingerprint density at radius 3 is 1.68 bits per heavy atom. The summed E-state index contributed by atoms with van der Waals surface area (Å²) in [5, 5.41) is 148. The fraction of sp³-hybridized carbons (Fsp3) is 0.615. The van der Waals surface area contributed by atoms with Gasteiger partial charge in [0.15, 0.2) is 47.3 Å². The molecule has 0 saturated carbocycles. The van der Waals surface area contributed by atoms with Crippen molar-refractivity contribution in [2.45, 2.75) is 144 Å². The van der Waals surface area contributed by atoms with Crippen LogP contribution in [0.1, 0.15) is 20.8 Å². The minimum absolute atomic E-state index is 0.196. The third kappa shape index (κ3) is 8.88. The summed E-state index contributed by atoms with van der Waals surface area (Å²) in [6, 6.07) is 5.22. The Kier molecular flexibility index (Phi) is 13.8.